The van der Waals surface area contributed by atoms with E-state index >= 15 is 0 Å². The number of imidazole rings is 2. The van der Waals surface area contributed by atoms with Crippen molar-refractivity contribution in [3.8, 4) is 28.1 Å². The summed E-state index contributed by atoms with van der Waals surface area (Å²) in [6.45, 7) is 12.9. The molecule has 2 saturated heterocycles. The average molecular weight is 821 g/mol. The van der Waals surface area contributed by atoms with Gasteiger partial charge in [0.15, 0.2) is 0 Å². The predicted molar refractivity (Wildman–Crippen MR) is 227 cm³/mol. The molecule has 2 fully saturated rings. The van der Waals surface area contributed by atoms with Crippen molar-refractivity contribution in [2.24, 2.45) is 17.8 Å². The van der Waals surface area contributed by atoms with E-state index in [9.17, 15) is 19.5 Å². The van der Waals surface area contributed by atoms with E-state index in [-0.39, 0.29) is 41.8 Å². The number of nitrogens with zero attached hydrogens (tertiary/aromatic N) is 4. The van der Waals surface area contributed by atoms with E-state index in [1.54, 1.807) is 0 Å². The molecule has 318 valence electrons. The second-order valence-corrected chi connectivity index (χ2v) is 17.4. The zero-order chi connectivity index (χ0) is 42.6. The highest BCUT2D eigenvalue weighted by molar-refractivity contribution is 6.07. The quantitative estimate of drug-likeness (QED) is 0.0966. The van der Waals surface area contributed by atoms with Crippen molar-refractivity contribution >= 4 is 39.9 Å². The van der Waals surface area contributed by atoms with Crippen LogP contribution in [0.15, 0.2) is 48.7 Å². The number of rotatable bonds is 10. The van der Waals surface area contributed by atoms with Gasteiger partial charge >= 0.3 is 12.2 Å². The van der Waals surface area contributed by atoms with Crippen LogP contribution >= 0.6 is 0 Å². The SMILES string of the molecule is COC(=O)NC(C(=O)N1C[C@@H](C)C[C@H]1c1ncc(-c2ccc3c(c2)COc2cc4c(ccc5[nH]c([C@@H]6CC[C@H](C)N6C(O)[C@@H](NC(=O)OC)C(C)C)nc54)cc2-3)[nH]1)C(C)C. The number of aromatic nitrogens is 4. The average Bonchev–Trinajstić information content (AvgIpc) is 4.05. The van der Waals surface area contributed by atoms with Crippen molar-refractivity contribution < 1.29 is 33.7 Å². The maximum absolute atomic E-state index is 13.8. The fourth-order valence-electron chi connectivity index (χ4n) is 9.40. The summed E-state index contributed by atoms with van der Waals surface area (Å²) < 4.78 is 16.1. The molecule has 60 heavy (non-hydrogen) atoms. The Morgan fingerprint density at radius 3 is 2.40 bits per heavy atom. The second-order valence-electron chi connectivity index (χ2n) is 17.4. The van der Waals surface area contributed by atoms with Gasteiger partial charge in [-0.25, -0.2) is 19.6 Å². The van der Waals surface area contributed by atoms with E-state index < -0.39 is 30.5 Å². The molecule has 5 aromatic rings. The molecule has 3 amide bonds. The number of likely N-dealkylation sites (tertiary alicyclic amines) is 2. The van der Waals surface area contributed by atoms with Gasteiger partial charge < -0.3 is 44.8 Å². The number of nitrogens with one attached hydrogen (secondary N) is 4. The Bertz CT molecular complexity index is 2420. The second kappa shape index (κ2) is 16.4. The topological polar surface area (TPSA) is 187 Å². The van der Waals surface area contributed by atoms with E-state index in [2.05, 4.69) is 81.8 Å². The standard InChI is InChI=1S/C45H56N8O7/c1-22(2)37(50-44(56)58-7)42(54)52-20-24(5)15-35(52)40-46-19-33(48-40)27-10-12-29-28(16-27)21-60-36-18-30-26(17-31(29)36)11-13-32-39(30)49-41(47-32)34-14-9-25(6)53(34)43(55)38(23(3)4)51-45(57)59-8/h10-13,16-19,22-25,34-35,37-38,43,55H,9,14-15,20-21H2,1-8H3,(H,46,48)(H,47,49)(H,50,56)(H,51,57)/t24-,25-,34-,35-,37?,38-,43?/m0/s1. The van der Waals surface area contributed by atoms with Crippen LogP contribution in [0.3, 0.4) is 0 Å². The molecular formula is C45H56N8O7. The van der Waals surface area contributed by atoms with Gasteiger partial charge in [-0.15, -0.1) is 0 Å². The summed E-state index contributed by atoms with van der Waals surface area (Å²) in [7, 11) is 2.62. The van der Waals surface area contributed by atoms with E-state index in [1.807, 2.05) is 38.8 Å². The van der Waals surface area contributed by atoms with Crippen LogP contribution in [0.1, 0.15) is 90.1 Å². The maximum atomic E-state index is 13.8. The number of methoxy groups -OCH3 is 2. The molecule has 3 aliphatic heterocycles. The number of H-pyrrole nitrogens is 2. The molecule has 3 aromatic carbocycles. The normalized spacial score (nSPS) is 21.8. The number of carbonyl (C=O) groups excluding carboxylic acids is 3. The van der Waals surface area contributed by atoms with Crippen molar-refractivity contribution in [2.45, 2.75) is 104 Å². The third kappa shape index (κ3) is 7.53. The maximum Gasteiger partial charge on any atom is 0.407 e. The van der Waals surface area contributed by atoms with Crippen molar-refractivity contribution in [1.29, 1.82) is 0 Å². The van der Waals surface area contributed by atoms with E-state index in [1.165, 1.54) is 14.2 Å². The lowest BCUT2D eigenvalue weighted by Crippen LogP contribution is -2.55. The first-order chi connectivity index (χ1) is 28.8. The number of aliphatic hydroxyl groups is 1. The first kappa shape index (κ1) is 41.1. The molecule has 2 aromatic heterocycles. The van der Waals surface area contributed by atoms with Gasteiger partial charge in [0.1, 0.15) is 36.3 Å². The van der Waals surface area contributed by atoms with Crippen molar-refractivity contribution in [2.75, 3.05) is 20.8 Å². The van der Waals surface area contributed by atoms with Gasteiger partial charge in [-0.05, 0) is 90.3 Å². The fourth-order valence-corrected chi connectivity index (χ4v) is 9.40. The molecule has 15 heteroatoms. The number of fused-ring (bicyclic) bond motifs is 6. The molecule has 0 radical (unpaired) electrons. The Labute approximate surface area is 349 Å². The smallest absolute Gasteiger partial charge is 0.407 e. The molecule has 15 nitrogen and oxygen atoms in total. The number of hydrogen-bond donors (Lipinski definition) is 5. The third-order valence-electron chi connectivity index (χ3n) is 12.6. The van der Waals surface area contributed by atoms with Crippen LogP contribution in [0, 0.1) is 17.8 Å². The molecule has 5 N–H and O–H groups in total. The lowest BCUT2D eigenvalue weighted by Gasteiger charge is -2.38. The van der Waals surface area contributed by atoms with Gasteiger partial charge in [-0.1, -0.05) is 52.8 Å². The van der Waals surface area contributed by atoms with Gasteiger partial charge in [-0.3, -0.25) is 9.69 Å². The van der Waals surface area contributed by atoms with Gasteiger partial charge in [0.2, 0.25) is 5.91 Å². The predicted octanol–water partition coefficient (Wildman–Crippen LogP) is 7.18. The first-order valence-corrected chi connectivity index (χ1v) is 21.0. The van der Waals surface area contributed by atoms with Crippen LogP contribution < -0.4 is 15.4 Å². The number of benzene rings is 3. The largest absolute Gasteiger partial charge is 0.488 e. The van der Waals surface area contributed by atoms with Crippen LogP contribution in [0.5, 0.6) is 5.75 Å². The summed E-state index contributed by atoms with van der Waals surface area (Å²) in [6, 6.07) is 13.1. The number of alkyl carbamates (subject to hydrolysis) is 2. The summed E-state index contributed by atoms with van der Waals surface area (Å²) >= 11 is 0. The monoisotopic (exact) mass is 820 g/mol. The van der Waals surface area contributed by atoms with Gasteiger partial charge in [-0.2, -0.15) is 0 Å². The summed E-state index contributed by atoms with van der Waals surface area (Å²) in [5.74, 6) is 2.23. The third-order valence-corrected chi connectivity index (χ3v) is 12.6. The number of carbonyl (C=O) groups is 3. The number of hydrogen-bond acceptors (Lipinski definition) is 10. The highest BCUT2D eigenvalue weighted by atomic mass is 16.5. The van der Waals surface area contributed by atoms with Gasteiger partial charge in [0.25, 0.3) is 0 Å². The molecule has 3 aliphatic rings. The fraction of sp³-hybridized carbons (Fsp3) is 0.489. The Hall–Kier alpha value is -5.67. The molecule has 0 aliphatic carbocycles. The molecule has 0 spiro atoms. The zero-order valence-corrected chi connectivity index (χ0v) is 35.5. The lowest BCUT2D eigenvalue weighted by molar-refractivity contribution is -0.135. The minimum atomic E-state index is -0.939. The van der Waals surface area contributed by atoms with Crippen molar-refractivity contribution in [3.63, 3.8) is 0 Å². The molecule has 2 unspecified atom stereocenters. The lowest BCUT2D eigenvalue weighted by atomic mass is 9.92. The minimum absolute atomic E-state index is 0.0353. The summed E-state index contributed by atoms with van der Waals surface area (Å²) in [6.07, 6.45) is 2.12. The molecule has 8 rings (SSSR count). The van der Waals surface area contributed by atoms with Crippen molar-refractivity contribution in [3.05, 3.63) is 65.9 Å². The van der Waals surface area contributed by atoms with E-state index in [4.69, 9.17) is 24.2 Å². The first-order valence-electron chi connectivity index (χ1n) is 21.0. The Kier molecular flexibility index (Phi) is 11.2. The molecule has 7 atom stereocenters. The molecule has 5 heterocycles. The highest BCUT2D eigenvalue weighted by Crippen LogP contribution is 2.44. The van der Waals surface area contributed by atoms with Crippen molar-refractivity contribution in [1.82, 2.24) is 40.4 Å². The number of amides is 3. The van der Waals surface area contributed by atoms with E-state index in [0.717, 1.165) is 80.6 Å². The van der Waals surface area contributed by atoms with Crippen LogP contribution in [-0.4, -0.2) is 98.1 Å². The van der Waals surface area contributed by atoms with Gasteiger partial charge in [0.05, 0.1) is 55.3 Å². The summed E-state index contributed by atoms with van der Waals surface area (Å²) in [4.78, 5) is 58.9. The Morgan fingerprint density at radius 2 is 1.67 bits per heavy atom. The molecule has 0 saturated carbocycles. The number of aromatic amines is 2. The van der Waals surface area contributed by atoms with Crippen LogP contribution in [0.25, 0.3) is 44.2 Å². The van der Waals surface area contributed by atoms with Crippen LogP contribution in [0.4, 0.5) is 9.59 Å². The minimum Gasteiger partial charge on any atom is -0.488 e. The highest BCUT2D eigenvalue weighted by Gasteiger charge is 2.43. The molecule has 0 bridgehead atoms. The zero-order valence-electron chi connectivity index (χ0n) is 35.5. The number of ether oxygens (including phenoxy) is 3. The van der Waals surface area contributed by atoms with Gasteiger partial charge in [0, 0.05) is 23.5 Å². The summed E-state index contributed by atoms with van der Waals surface area (Å²) in [5, 5.41) is 19.2. The van der Waals surface area contributed by atoms with Crippen LogP contribution in [0.2, 0.25) is 0 Å². The Morgan fingerprint density at radius 1 is 0.900 bits per heavy atom. The van der Waals surface area contributed by atoms with E-state index in [0.29, 0.717) is 19.0 Å². The Balaban J connectivity index is 1.04. The number of aliphatic hydroxyl groups excluding tert-OH is 1. The van der Waals surface area contributed by atoms with Crippen LogP contribution in [-0.2, 0) is 20.9 Å². The molecular weight excluding hydrogens is 765 g/mol. The summed E-state index contributed by atoms with van der Waals surface area (Å²) in [5.41, 5.74) is 6.68.